The van der Waals surface area contributed by atoms with E-state index >= 15 is 0 Å². The van der Waals surface area contributed by atoms with Crippen molar-refractivity contribution in [3.05, 3.63) is 42.1 Å². The summed E-state index contributed by atoms with van der Waals surface area (Å²) >= 11 is 0. The van der Waals surface area contributed by atoms with E-state index in [4.69, 9.17) is 4.52 Å². The maximum Gasteiger partial charge on any atom is 0.170 e. The normalized spacial score (nSPS) is 10.5. The molecular formula is C11H11NO. The molecule has 0 aliphatic rings. The molecule has 0 fully saturated rings. The van der Waals surface area contributed by atoms with Gasteiger partial charge in [-0.25, -0.2) is 0 Å². The van der Waals surface area contributed by atoms with Crippen molar-refractivity contribution in [1.82, 2.24) is 5.16 Å². The highest BCUT2D eigenvalue weighted by Crippen LogP contribution is 2.21. The zero-order valence-electron chi connectivity index (χ0n) is 7.58. The van der Waals surface area contributed by atoms with Gasteiger partial charge in [-0.05, 0) is 19.4 Å². The van der Waals surface area contributed by atoms with Gasteiger partial charge in [-0.3, -0.25) is 0 Å². The monoisotopic (exact) mass is 173 g/mol. The number of fused-ring (bicyclic) bond motifs is 1. The summed E-state index contributed by atoms with van der Waals surface area (Å²) in [6, 6.07) is 6.08. The largest absolute Gasteiger partial charge is 0.356 e. The lowest BCUT2D eigenvalue weighted by atomic mass is 10.1. The molecule has 1 aromatic carbocycles. The summed E-state index contributed by atoms with van der Waals surface area (Å²) in [5.74, 6) is 0. The van der Waals surface area contributed by atoms with Crippen LogP contribution < -0.4 is 0 Å². The van der Waals surface area contributed by atoms with E-state index in [0.717, 1.165) is 28.6 Å². The van der Waals surface area contributed by atoms with Crippen molar-refractivity contribution in [2.24, 2.45) is 0 Å². The fourth-order valence-corrected chi connectivity index (χ4v) is 1.46. The van der Waals surface area contributed by atoms with Gasteiger partial charge in [-0.15, -0.1) is 6.58 Å². The van der Waals surface area contributed by atoms with Gasteiger partial charge < -0.3 is 4.52 Å². The Kier molecular flexibility index (Phi) is 1.89. The fourth-order valence-electron chi connectivity index (χ4n) is 1.46. The van der Waals surface area contributed by atoms with Crippen LogP contribution in [-0.4, -0.2) is 5.16 Å². The third-order valence-corrected chi connectivity index (χ3v) is 2.12. The lowest BCUT2D eigenvalue weighted by molar-refractivity contribution is 0.448. The number of aryl methyl sites for hydroxylation is 1. The Balaban J connectivity index is 2.69. The van der Waals surface area contributed by atoms with Crippen LogP contribution in [0.5, 0.6) is 0 Å². The molecule has 0 atom stereocenters. The Hall–Kier alpha value is -1.57. The number of aromatic nitrogens is 1. The van der Waals surface area contributed by atoms with Gasteiger partial charge in [0.05, 0.1) is 5.69 Å². The minimum absolute atomic E-state index is 0.825. The molecule has 1 heterocycles. The molecule has 0 N–H and O–H groups in total. The first kappa shape index (κ1) is 8.05. The van der Waals surface area contributed by atoms with Crippen LogP contribution in [0.1, 0.15) is 11.3 Å². The molecule has 0 radical (unpaired) electrons. The zero-order valence-corrected chi connectivity index (χ0v) is 7.58. The molecule has 0 unspecified atom stereocenters. The second kappa shape index (κ2) is 3.05. The Labute approximate surface area is 76.8 Å². The van der Waals surface area contributed by atoms with Crippen molar-refractivity contribution in [1.29, 1.82) is 0 Å². The van der Waals surface area contributed by atoms with Gasteiger partial charge in [-0.1, -0.05) is 23.4 Å². The first-order valence-corrected chi connectivity index (χ1v) is 4.27. The predicted molar refractivity (Wildman–Crippen MR) is 52.6 cm³/mol. The van der Waals surface area contributed by atoms with E-state index < -0.39 is 0 Å². The van der Waals surface area contributed by atoms with Gasteiger partial charge in [-0.2, -0.15) is 0 Å². The molecule has 66 valence electrons. The van der Waals surface area contributed by atoms with E-state index in [0.29, 0.717) is 0 Å². The van der Waals surface area contributed by atoms with E-state index in [2.05, 4.69) is 11.7 Å². The van der Waals surface area contributed by atoms with E-state index in [-0.39, 0.29) is 0 Å². The summed E-state index contributed by atoms with van der Waals surface area (Å²) in [6.45, 7) is 5.66. The van der Waals surface area contributed by atoms with Crippen LogP contribution >= 0.6 is 0 Å². The summed E-state index contributed by atoms with van der Waals surface area (Å²) < 4.78 is 5.23. The van der Waals surface area contributed by atoms with Crippen molar-refractivity contribution < 1.29 is 4.52 Å². The molecule has 0 saturated heterocycles. The SMILES string of the molecule is C=CCc1cccc2c(C)noc12. The lowest BCUT2D eigenvalue weighted by Gasteiger charge is -1.95. The van der Waals surface area contributed by atoms with Crippen LogP contribution in [0.15, 0.2) is 35.4 Å². The van der Waals surface area contributed by atoms with E-state index in [1.54, 1.807) is 0 Å². The van der Waals surface area contributed by atoms with Gasteiger partial charge in [0, 0.05) is 10.9 Å². The molecular weight excluding hydrogens is 162 g/mol. The van der Waals surface area contributed by atoms with Crippen molar-refractivity contribution in [3.63, 3.8) is 0 Å². The van der Waals surface area contributed by atoms with E-state index in [1.165, 1.54) is 0 Å². The molecule has 0 saturated carbocycles. The van der Waals surface area contributed by atoms with Crippen LogP contribution in [0.4, 0.5) is 0 Å². The van der Waals surface area contributed by atoms with Crippen LogP contribution in [0.2, 0.25) is 0 Å². The highest BCUT2D eigenvalue weighted by Gasteiger charge is 2.06. The molecule has 0 aliphatic carbocycles. The first-order chi connectivity index (χ1) is 6.33. The molecule has 2 rings (SSSR count). The molecule has 13 heavy (non-hydrogen) atoms. The van der Waals surface area contributed by atoms with Crippen molar-refractivity contribution >= 4 is 11.0 Å². The minimum Gasteiger partial charge on any atom is -0.356 e. The molecule has 2 nitrogen and oxygen atoms in total. The third-order valence-electron chi connectivity index (χ3n) is 2.12. The van der Waals surface area contributed by atoms with Crippen molar-refractivity contribution in [3.8, 4) is 0 Å². The number of nitrogens with zero attached hydrogens (tertiary/aromatic N) is 1. The quantitative estimate of drug-likeness (QED) is 0.652. The molecule has 0 aliphatic heterocycles. The van der Waals surface area contributed by atoms with Gasteiger partial charge in [0.15, 0.2) is 5.58 Å². The van der Waals surface area contributed by atoms with Crippen molar-refractivity contribution in [2.45, 2.75) is 13.3 Å². The Morgan fingerprint density at radius 2 is 2.38 bits per heavy atom. The zero-order chi connectivity index (χ0) is 9.26. The Morgan fingerprint density at radius 1 is 1.54 bits per heavy atom. The fraction of sp³-hybridized carbons (Fsp3) is 0.182. The van der Waals surface area contributed by atoms with Crippen molar-refractivity contribution in [2.75, 3.05) is 0 Å². The maximum absolute atomic E-state index is 5.23. The Morgan fingerprint density at radius 3 is 3.15 bits per heavy atom. The Bertz CT molecular complexity index is 442. The molecule has 2 heteroatoms. The predicted octanol–water partition coefficient (Wildman–Crippen LogP) is 2.86. The summed E-state index contributed by atoms with van der Waals surface area (Å²) in [5.41, 5.74) is 2.98. The van der Waals surface area contributed by atoms with E-state index in [9.17, 15) is 0 Å². The minimum atomic E-state index is 0.825. The average Bonchev–Trinajstić information content (AvgIpc) is 2.50. The van der Waals surface area contributed by atoms with Crippen LogP contribution in [0.3, 0.4) is 0 Å². The van der Waals surface area contributed by atoms with Gasteiger partial charge >= 0.3 is 0 Å². The number of allylic oxidation sites excluding steroid dienone is 1. The highest BCUT2D eigenvalue weighted by atomic mass is 16.5. The third kappa shape index (κ3) is 1.24. The second-order valence-corrected chi connectivity index (χ2v) is 3.05. The van der Waals surface area contributed by atoms with Gasteiger partial charge in [0.2, 0.25) is 0 Å². The molecule has 0 spiro atoms. The summed E-state index contributed by atoms with van der Waals surface area (Å²) in [4.78, 5) is 0. The number of para-hydroxylation sites is 1. The summed E-state index contributed by atoms with van der Waals surface area (Å²) in [5, 5.41) is 5.03. The molecule has 0 amide bonds. The summed E-state index contributed by atoms with van der Waals surface area (Å²) in [7, 11) is 0. The average molecular weight is 173 g/mol. The van der Waals surface area contributed by atoms with Crippen LogP contribution in [0.25, 0.3) is 11.0 Å². The molecule has 1 aromatic heterocycles. The number of rotatable bonds is 2. The standard InChI is InChI=1S/C11H11NO/c1-3-5-9-6-4-7-10-8(2)12-13-11(9)10/h3-4,6-7H,1,5H2,2H3. The molecule has 2 aromatic rings. The van der Waals surface area contributed by atoms with Gasteiger partial charge in [0.1, 0.15) is 0 Å². The lowest BCUT2D eigenvalue weighted by Crippen LogP contribution is -1.80. The highest BCUT2D eigenvalue weighted by molar-refractivity contribution is 5.82. The van der Waals surface area contributed by atoms with Gasteiger partial charge in [0.25, 0.3) is 0 Å². The smallest absolute Gasteiger partial charge is 0.170 e. The number of hydrogen-bond donors (Lipinski definition) is 0. The topological polar surface area (TPSA) is 26.0 Å². The second-order valence-electron chi connectivity index (χ2n) is 3.05. The van der Waals surface area contributed by atoms with E-state index in [1.807, 2.05) is 31.2 Å². The number of hydrogen-bond acceptors (Lipinski definition) is 2. The molecule has 0 bridgehead atoms. The summed E-state index contributed by atoms with van der Waals surface area (Å²) in [6.07, 6.45) is 2.69. The van der Waals surface area contributed by atoms with Crippen LogP contribution in [-0.2, 0) is 6.42 Å². The maximum atomic E-state index is 5.23. The first-order valence-electron chi connectivity index (χ1n) is 4.27. The number of benzene rings is 1. The van der Waals surface area contributed by atoms with Crippen LogP contribution in [0, 0.1) is 6.92 Å².